The third-order valence-corrected chi connectivity index (χ3v) is 3.13. The number of aromatic nitrogens is 1. The lowest BCUT2D eigenvalue weighted by Crippen LogP contribution is -1.83. The van der Waals surface area contributed by atoms with Crippen molar-refractivity contribution in [2.75, 3.05) is 0 Å². The Bertz CT molecular complexity index is 700. The molecule has 2 aromatic carbocycles. The highest BCUT2D eigenvalue weighted by molar-refractivity contribution is 5.71. The van der Waals surface area contributed by atoms with E-state index in [2.05, 4.69) is 53.5 Å². The van der Waals surface area contributed by atoms with Gasteiger partial charge in [-0.2, -0.15) is 0 Å². The molecule has 1 aromatic heterocycles. The van der Waals surface area contributed by atoms with E-state index in [0.29, 0.717) is 0 Å². The zero-order chi connectivity index (χ0) is 13.6. The van der Waals surface area contributed by atoms with Crippen LogP contribution in [-0.2, 0) is 0 Å². The molecule has 0 unspecified atom stereocenters. The second-order valence-corrected chi connectivity index (χ2v) is 4.58. The Morgan fingerprint density at radius 1 is 0.650 bits per heavy atom. The standard InChI is InChI=1S/C19H15N/c1-3-7-16(8-4-1)11-12-19-15-18(13-14-20-19)17-9-5-2-6-10-17/h1-15H. The molecule has 96 valence electrons. The number of hydrogen-bond acceptors (Lipinski definition) is 1. The maximum absolute atomic E-state index is 4.39. The molecule has 20 heavy (non-hydrogen) atoms. The van der Waals surface area contributed by atoms with Crippen LogP contribution in [0, 0.1) is 0 Å². The first-order valence-corrected chi connectivity index (χ1v) is 6.66. The Kier molecular flexibility index (Phi) is 3.70. The topological polar surface area (TPSA) is 12.9 Å². The molecular weight excluding hydrogens is 242 g/mol. The smallest absolute Gasteiger partial charge is 0.0636 e. The summed E-state index contributed by atoms with van der Waals surface area (Å²) in [5, 5.41) is 0. The molecule has 3 rings (SSSR count). The number of hydrogen-bond donors (Lipinski definition) is 0. The minimum absolute atomic E-state index is 0.968. The summed E-state index contributed by atoms with van der Waals surface area (Å²) in [7, 11) is 0. The number of rotatable bonds is 3. The molecule has 0 aliphatic rings. The minimum Gasteiger partial charge on any atom is -0.257 e. The van der Waals surface area contributed by atoms with Gasteiger partial charge in [-0.25, -0.2) is 0 Å². The fourth-order valence-electron chi connectivity index (χ4n) is 2.10. The van der Waals surface area contributed by atoms with Gasteiger partial charge in [0.15, 0.2) is 0 Å². The van der Waals surface area contributed by atoms with E-state index < -0.39 is 0 Å². The van der Waals surface area contributed by atoms with Crippen molar-refractivity contribution in [3.8, 4) is 11.1 Å². The predicted molar refractivity (Wildman–Crippen MR) is 85.0 cm³/mol. The van der Waals surface area contributed by atoms with E-state index in [9.17, 15) is 0 Å². The summed E-state index contributed by atoms with van der Waals surface area (Å²) in [6.45, 7) is 0. The van der Waals surface area contributed by atoms with Crippen LogP contribution in [0.25, 0.3) is 23.3 Å². The van der Waals surface area contributed by atoms with Crippen molar-refractivity contribution in [3.63, 3.8) is 0 Å². The van der Waals surface area contributed by atoms with E-state index in [1.807, 2.05) is 42.6 Å². The number of pyridine rings is 1. The Labute approximate surface area is 119 Å². The third kappa shape index (κ3) is 3.01. The van der Waals surface area contributed by atoms with E-state index >= 15 is 0 Å². The Morgan fingerprint density at radius 3 is 2.10 bits per heavy atom. The van der Waals surface area contributed by atoms with Crippen LogP contribution in [0.3, 0.4) is 0 Å². The summed E-state index contributed by atoms with van der Waals surface area (Å²) in [6.07, 6.45) is 5.98. The van der Waals surface area contributed by atoms with Gasteiger partial charge in [-0.1, -0.05) is 66.7 Å². The lowest BCUT2D eigenvalue weighted by molar-refractivity contribution is 1.30. The van der Waals surface area contributed by atoms with Gasteiger partial charge in [0.2, 0.25) is 0 Å². The molecule has 0 bridgehead atoms. The quantitative estimate of drug-likeness (QED) is 0.649. The lowest BCUT2D eigenvalue weighted by atomic mass is 10.1. The van der Waals surface area contributed by atoms with Crippen LogP contribution in [0.4, 0.5) is 0 Å². The fourth-order valence-corrected chi connectivity index (χ4v) is 2.10. The van der Waals surface area contributed by atoms with Gasteiger partial charge in [0.25, 0.3) is 0 Å². The van der Waals surface area contributed by atoms with E-state index in [1.54, 1.807) is 0 Å². The van der Waals surface area contributed by atoms with E-state index in [4.69, 9.17) is 0 Å². The Balaban J connectivity index is 1.87. The highest BCUT2D eigenvalue weighted by atomic mass is 14.7. The highest BCUT2D eigenvalue weighted by Crippen LogP contribution is 2.19. The molecule has 0 spiro atoms. The maximum Gasteiger partial charge on any atom is 0.0636 e. The van der Waals surface area contributed by atoms with Crippen molar-refractivity contribution < 1.29 is 0 Å². The second kappa shape index (κ2) is 5.98. The van der Waals surface area contributed by atoms with E-state index in [-0.39, 0.29) is 0 Å². The second-order valence-electron chi connectivity index (χ2n) is 4.58. The van der Waals surface area contributed by atoms with Crippen LogP contribution in [0.5, 0.6) is 0 Å². The molecular formula is C19H15N. The number of benzene rings is 2. The van der Waals surface area contributed by atoms with Crippen molar-refractivity contribution in [2.45, 2.75) is 0 Å². The maximum atomic E-state index is 4.39. The minimum atomic E-state index is 0.968. The van der Waals surface area contributed by atoms with Crippen molar-refractivity contribution >= 4 is 12.2 Å². The third-order valence-electron chi connectivity index (χ3n) is 3.13. The van der Waals surface area contributed by atoms with E-state index in [1.165, 1.54) is 16.7 Å². The SMILES string of the molecule is C(=Cc1cc(-c2ccccc2)ccn1)c1ccccc1. The zero-order valence-electron chi connectivity index (χ0n) is 11.1. The summed E-state index contributed by atoms with van der Waals surface area (Å²) >= 11 is 0. The average Bonchev–Trinajstić information content (AvgIpc) is 2.55. The molecule has 0 saturated heterocycles. The van der Waals surface area contributed by atoms with Crippen LogP contribution >= 0.6 is 0 Å². The van der Waals surface area contributed by atoms with Crippen LogP contribution in [-0.4, -0.2) is 4.98 Å². The fraction of sp³-hybridized carbons (Fsp3) is 0. The molecule has 1 nitrogen and oxygen atoms in total. The van der Waals surface area contributed by atoms with Crippen molar-refractivity contribution in [2.24, 2.45) is 0 Å². The van der Waals surface area contributed by atoms with Crippen molar-refractivity contribution in [1.82, 2.24) is 4.98 Å². The van der Waals surface area contributed by atoms with Gasteiger partial charge in [-0.05, 0) is 34.9 Å². The normalized spacial score (nSPS) is 10.8. The summed E-state index contributed by atoms with van der Waals surface area (Å²) in [4.78, 5) is 4.39. The van der Waals surface area contributed by atoms with Gasteiger partial charge in [-0.15, -0.1) is 0 Å². The summed E-state index contributed by atoms with van der Waals surface area (Å²) in [5.41, 5.74) is 4.55. The first-order valence-electron chi connectivity index (χ1n) is 6.66. The van der Waals surface area contributed by atoms with Crippen LogP contribution in [0.1, 0.15) is 11.3 Å². The molecule has 0 radical (unpaired) electrons. The number of nitrogens with zero attached hydrogens (tertiary/aromatic N) is 1. The van der Waals surface area contributed by atoms with Crippen LogP contribution < -0.4 is 0 Å². The van der Waals surface area contributed by atoms with Gasteiger partial charge in [0.05, 0.1) is 5.69 Å². The highest BCUT2D eigenvalue weighted by Gasteiger charge is 1.97. The first-order chi connectivity index (χ1) is 9.92. The molecule has 0 N–H and O–H groups in total. The predicted octanol–water partition coefficient (Wildman–Crippen LogP) is 4.92. The molecule has 1 heterocycles. The molecule has 0 fully saturated rings. The Hall–Kier alpha value is -2.67. The largest absolute Gasteiger partial charge is 0.257 e. The summed E-state index contributed by atoms with van der Waals surface area (Å²) in [6, 6.07) is 24.7. The molecule has 0 saturated carbocycles. The van der Waals surface area contributed by atoms with Gasteiger partial charge in [-0.3, -0.25) is 4.98 Å². The van der Waals surface area contributed by atoms with Gasteiger partial charge in [0, 0.05) is 6.20 Å². The monoisotopic (exact) mass is 257 g/mol. The molecule has 0 aliphatic heterocycles. The van der Waals surface area contributed by atoms with Crippen molar-refractivity contribution in [3.05, 3.63) is 90.3 Å². The lowest BCUT2D eigenvalue weighted by Gasteiger charge is -2.02. The van der Waals surface area contributed by atoms with Crippen LogP contribution in [0.15, 0.2) is 79.0 Å². The van der Waals surface area contributed by atoms with Gasteiger partial charge in [0.1, 0.15) is 0 Å². The van der Waals surface area contributed by atoms with Crippen LogP contribution in [0.2, 0.25) is 0 Å². The van der Waals surface area contributed by atoms with Gasteiger partial charge < -0.3 is 0 Å². The average molecular weight is 257 g/mol. The van der Waals surface area contributed by atoms with E-state index in [0.717, 1.165) is 5.69 Å². The molecule has 0 amide bonds. The van der Waals surface area contributed by atoms with Crippen molar-refractivity contribution in [1.29, 1.82) is 0 Å². The summed E-state index contributed by atoms with van der Waals surface area (Å²) < 4.78 is 0. The molecule has 0 aliphatic carbocycles. The van der Waals surface area contributed by atoms with Gasteiger partial charge >= 0.3 is 0 Å². The molecule has 0 atom stereocenters. The zero-order valence-corrected chi connectivity index (χ0v) is 11.1. The Morgan fingerprint density at radius 2 is 1.35 bits per heavy atom. The molecule has 3 aromatic rings. The molecule has 1 heteroatoms. The summed E-state index contributed by atoms with van der Waals surface area (Å²) in [5.74, 6) is 0. The first kappa shape index (κ1) is 12.4.